The van der Waals surface area contributed by atoms with E-state index in [1.165, 1.54) is 6.33 Å². The first-order chi connectivity index (χ1) is 14.6. The normalized spacial score (nSPS) is 13.4. The van der Waals surface area contributed by atoms with Crippen LogP contribution in [0.4, 0.5) is 5.69 Å². The van der Waals surface area contributed by atoms with Crippen LogP contribution in [0, 0.1) is 12.8 Å². The van der Waals surface area contributed by atoms with Gasteiger partial charge < -0.3 is 10.1 Å². The van der Waals surface area contributed by atoms with Crippen molar-refractivity contribution in [2.45, 2.75) is 19.8 Å². The van der Waals surface area contributed by atoms with Gasteiger partial charge in [0.05, 0.1) is 35.4 Å². The van der Waals surface area contributed by atoms with Crippen molar-refractivity contribution < 1.29 is 9.53 Å². The number of anilines is 1. The van der Waals surface area contributed by atoms with Crippen LogP contribution in [-0.2, 0) is 4.79 Å². The minimum absolute atomic E-state index is 0.0243. The zero-order chi connectivity index (χ0) is 20.7. The molecule has 0 bridgehead atoms. The lowest BCUT2D eigenvalue weighted by Crippen LogP contribution is -2.14. The van der Waals surface area contributed by atoms with E-state index in [-0.39, 0.29) is 11.8 Å². The van der Waals surface area contributed by atoms with Gasteiger partial charge in [0, 0.05) is 17.4 Å². The number of carbonyl (C=O) groups is 1. The Hall–Kier alpha value is -3.74. The lowest BCUT2D eigenvalue weighted by molar-refractivity contribution is -0.117. The molecule has 1 saturated carbocycles. The topological polar surface area (TPSA) is 81.9 Å². The van der Waals surface area contributed by atoms with E-state index >= 15 is 0 Å². The van der Waals surface area contributed by atoms with Crippen LogP contribution in [0.15, 0.2) is 54.9 Å². The smallest absolute Gasteiger partial charge is 0.227 e. The number of ether oxygens (including phenoxy) is 1. The highest BCUT2D eigenvalue weighted by Crippen LogP contribution is 2.36. The summed E-state index contributed by atoms with van der Waals surface area (Å²) in [4.78, 5) is 21.4. The highest BCUT2D eigenvalue weighted by molar-refractivity contribution is 6.01. The molecule has 2 aromatic heterocycles. The molecule has 2 heterocycles. The van der Waals surface area contributed by atoms with Crippen LogP contribution in [0.1, 0.15) is 18.5 Å². The predicted molar refractivity (Wildman–Crippen MR) is 115 cm³/mol. The number of rotatable bonds is 5. The molecule has 0 unspecified atom stereocenters. The quantitative estimate of drug-likeness (QED) is 0.545. The molecule has 4 aromatic rings. The molecule has 1 amide bonds. The van der Waals surface area contributed by atoms with Crippen molar-refractivity contribution in [2.24, 2.45) is 5.92 Å². The largest absolute Gasteiger partial charge is 0.494 e. The van der Waals surface area contributed by atoms with E-state index in [4.69, 9.17) is 4.74 Å². The average Bonchev–Trinajstić information content (AvgIpc) is 3.55. The van der Waals surface area contributed by atoms with E-state index in [9.17, 15) is 4.79 Å². The third kappa shape index (κ3) is 3.28. The molecule has 0 atom stereocenters. The SMILES string of the molecule is COc1cc2ncnc(-c3cc(C)nn3-c3ccccc3)c2cc1NC(=O)C1CC1. The molecule has 30 heavy (non-hydrogen) atoms. The Morgan fingerprint density at radius 1 is 1.13 bits per heavy atom. The van der Waals surface area contributed by atoms with Gasteiger partial charge in [-0.15, -0.1) is 0 Å². The lowest BCUT2D eigenvalue weighted by Gasteiger charge is -2.13. The van der Waals surface area contributed by atoms with Crippen molar-refractivity contribution in [1.29, 1.82) is 0 Å². The summed E-state index contributed by atoms with van der Waals surface area (Å²) in [6.07, 6.45) is 3.41. The van der Waals surface area contributed by atoms with E-state index in [1.54, 1.807) is 7.11 Å². The molecule has 0 saturated heterocycles. The third-order valence-electron chi connectivity index (χ3n) is 5.24. The number of nitrogens with zero attached hydrogens (tertiary/aromatic N) is 4. The van der Waals surface area contributed by atoms with E-state index < -0.39 is 0 Å². The Bertz CT molecular complexity index is 1250. The van der Waals surface area contributed by atoms with Crippen molar-refractivity contribution in [3.05, 3.63) is 60.6 Å². The van der Waals surface area contributed by atoms with Gasteiger partial charge in [-0.3, -0.25) is 4.79 Å². The standard InChI is InChI=1S/C23H21N5O2/c1-14-10-20(28(27-14)16-6-4-3-5-7-16)22-17-11-19(26-23(29)15-8-9-15)21(30-2)12-18(17)24-13-25-22/h3-7,10-13,15H,8-9H2,1-2H3,(H,26,29). The first kappa shape index (κ1) is 18.3. The summed E-state index contributed by atoms with van der Waals surface area (Å²) in [6, 6.07) is 15.7. The van der Waals surface area contributed by atoms with Gasteiger partial charge in [-0.1, -0.05) is 18.2 Å². The van der Waals surface area contributed by atoms with Crippen LogP contribution < -0.4 is 10.1 Å². The fraction of sp³-hybridized carbons (Fsp3) is 0.217. The van der Waals surface area contributed by atoms with Gasteiger partial charge in [0.25, 0.3) is 0 Å². The maximum absolute atomic E-state index is 12.4. The molecule has 0 aliphatic heterocycles. The first-order valence-electron chi connectivity index (χ1n) is 9.90. The molecule has 2 aromatic carbocycles. The minimum Gasteiger partial charge on any atom is -0.494 e. The summed E-state index contributed by atoms with van der Waals surface area (Å²) in [5.74, 6) is 0.698. The summed E-state index contributed by atoms with van der Waals surface area (Å²) < 4.78 is 7.38. The molecule has 1 N–H and O–H groups in total. The Labute approximate surface area is 173 Å². The van der Waals surface area contributed by atoms with Gasteiger partial charge in [-0.25, -0.2) is 14.6 Å². The number of fused-ring (bicyclic) bond motifs is 1. The average molecular weight is 399 g/mol. The fourth-order valence-electron chi connectivity index (χ4n) is 3.57. The second-order valence-corrected chi connectivity index (χ2v) is 7.47. The summed E-state index contributed by atoms with van der Waals surface area (Å²) in [6.45, 7) is 1.95. The van der Waals surface area contributed by atoms with Crippen molar-refractivity contribution in [3.63, 3.8) is 0 Å². The second-order valence-electron chi connectivity index (χ2n) is 7.47. The van der Waals surface area contributed by atoms with Crippen molar-refractivity contribution in [2.75, 3.05) is 12.4 Å². The zero-order valence-electron chi connectivity index (χ0n) is 16.8. The molecule has 5 rings (SSSR count). The molecular formula is C23H21N5O2. The van der Waals surface area contributed by atoms with Gasteiger partial charge in [0.1, 0.15) is 17.8 Å². The molecule has 150 valence electrons. The van der Waals surface area contributed by atoms with Crippen LogP contribution in [0.3, 0.4) is 0 Å². The number of methoxy groups -OCH3 is 1. The number of carbonyl (C=O) groups excluding carboxylic acids is 1. The number of nitrogens with one attached hydrogen (secondary N) is 1. The van der Waals surface area contributed by atoms with E-state index in [0.29, 0.717) is 11.4 Å². The van der Waals surface area contributed by atoms with Gasteiger partial charge in [0.15, 0.2) is 0 Å². The number of benzene rings is 2. The van der Waals surface area contributed by atoms with Crippen LogP contribution in [0.25, 0.3) is 28.0 Å². The Morgan fingerprint density at radius 2 is 1.93 bits per heavy atom. The monoisotopic (exact) mass is 399 g/mol. The summed E-state index contributed by atoms with van der Waals surface area (Å²) in [5.41, 5.74) is 4.80. The maximum Gasteiger partial charge on any atom is 0.227 e. The molecule has 7 heteroatoms. The van der Waals surface area contributed by atoms with Crippen molar-refractivity contribution in [3.8, 4) is 22.8 Å². The lowest BCUT2D eigenvalue weighted by atomic mass is 10.1. The van der Waals surface area contributed by atoms with Crippen molar-refractivity contribution >= 4 is 22.5 Å². The van der Waals surface area contributed by atoms with Gasteiger partial charge in [-0.05, 0) is 44.0 Å². The number of aromatic nitrogens is 4. The molecular weight excluding hydrogens is 378 g/mol. The van der Waals surface area contributed by atoms with Crippen LogP contribution in [0.5, 0.6) is 5.75 Å². The van der Waals surface area contributed by atoms with Crippen LogP contribution in [0.2, 0.25) is 0 Å². The molecule has 7 nitrogen and oxygen atoms in total. The van der Waals surface area contributed by atoms with Gasteiger partial charge in [0.2, 0.25) is 5.91 Å². The number of amides is 1. The molecule has 0 spiro atoms. The molecule has 0 radical (unpaired) electrons. The third-order valence-corrected chi connectivity index (χ3v) is 5.24. The Kier molecular flexibility index (Phi) is 4.43. The fourth-order valence-corrected chi connectivity index (χ4v) is 3.57. The van der Waals surface area contributed by atoms with Crippen molar-refractivity contribution in [1.82, 2.24) is 19.7 Å². The highest BCUT2D eigenvalue weighted by atomic mass is 16.5. The molecule has 1 aliphatic rings. The second kappa shape index (κ2) is 7.26. The number of hydrogen-bond acceptors (Lipinski definition) is 5. The summed E-state index contributed by atoms with van der Waals surface area (Å²) in [7, 11) is 1.59. The van der Waals surface area contributed by atoms with Gasteiger partial charge >= 0.3 is 0 Å². The predicted octanol–water partition coefficient (Wildman–Crippen LogP) is 4.15. The first-order valence-corrected chi connectivity index (χ1v) is 9.90. The number of aryl methyl sites for hydroxylation is 1. The summed E-state index contributed by atoms with van der Waals surface area (Å²) in [5, 5.41) is 8.49. The molecule has 1 fully saturated rings. The van der Waals surface area contributed by atoms with Crippen LogP contribution in [-0.4, -0.2) is 32.8 Å². The minimum atomic E-state index is 0.0243. The Balaban J connectivity index is 1.68. The maximum atomic E-state index is 12.4. The Morgan fingerprint density at radius 3 is 2.67 bits per heavy atom. The zero-order valence-corrected chi connectivity index (χ0v) is 16.8. The number of hydrogen-bond donors (Lipinski definition) is 1. The van der Waals surface area contributed by atoms with E-state index in [0.717, 1.165) is 46.5 Å². The van der Waals surface area contributed by atoms with E-state index in [2.05, 4.69) is 20.4 Å². The van der Waals surface area contributed by atoms with Gasteiger partial charge in [-0.2, -0.15) is 5.10 Å². The number of para-hydroxylation sites is 1. The molecule has 1 aliphatic carbocycles. The van der Waals surface area contributed by atoms with E-state index in [1.807, 2.05) is 60.1 Å². The summed E-state index contributed by atoms with van der Waals surface area (Å²) >= 11 is 0. The highest BCUT2D eigenvalue weighted by Gasteiger charge is 2.30. The van der Waals surface area contributed by atoms with Crippen LogP contribution >= 0.6 is 0 Å².